The first-order chi connectivity index (χ1) is 14.1. The maximum Gasteiger partial charge on any atom is 0.317 e. The molecule has 2 heterocycles. The van der Waals surface area contributed by atoms with Gasteiger partial charge in [0.05, 0.1) is 11.5 Å². The number of halogens is 1. The van der Waals surface area contributed by atoms with Crippen molar-refractivity contribution in [3.8, 4) is 0 Å². The molecule has 2 aliphatic heterocycles. The van der Waals surface area contributed by atoms with E-state index in [0.717, 1.165) is 12.0 Å². The van der Waals surface area contributed by atoms with Crippen LogP contribution < -0.4 is 10.2 Å². The average Bonchev–Trinajstić information content (AvgIpc) is 2.76. The Balaban J connectivity index is 1.60. The zero-order chi connectivity index (χ0) is 20.4. The Morgan fingerprint density at radius 3 is 2.52 bits per heavy atom. The molecule has 29 heavy (non-hydrogen) atoms. The van der Waals surface area contributed by atoms with E-state index < -0.39 is 5.41 Å². The van der Waals surface area contributed by atoms with Gasteiger partial charge in [-0.15, -0.1) is 0 Å². The Kier molecular flexibility index (Phi) is 5.26. The van der Waals surface area contributed by atoms with Crippen molar-refractivity contribution in [2.75, 3.05) is 24.5 Å². The lowest BCUT2D eigenvalue weighted by Crippen LogP contribution is -2.67. The van der Waals surface area contributed by atoms with Crippen LogP contribution in [0.5, 0.6) is 0 Å². The van der Waals surface area contributed by atoms with E-state index in [2.05, 4.69) is 5.32 Å². The van der Waals surface area contributed by atoms with Gasteiger partial charge in [-0.3, -0.25) is 4.79 Å². The van der Waals surface area contributed by atoms with Gasteiger partial charge >= 0.3 is 6.03 Å². The fraction of sp³-hybridized carbons (Fsp3) is 0.391. The van der Waals surface area contributed by atoms with Crippen LogP contribution in [0.4, 0.5) is 14.9 Å². The van der Waals surface area contributed by atoms with E-state index in [4.69, 9.17) is 0 Å². The van der Waals surface area contributed by atoms with Crippen molar-refractivity contribution < 1.29 is 14.0 Å². The first kappa shape index (κ1) is 19.4. The van der Waals surface area contributed by atoms with Crippen molar-refractivity contribution in [2.45, 2.75) is 32.2 Å². The van der Waals surface area contributed by atoms with Crippen molar-refractivity contribution in [1.29, 1.82) is 0 Å². The first-order valence-corrected chi connectivity index (χ1v) is 10.2. The van der Waals surface area contributed by atoms with Gasteiger partial charge in [0.25, 0.3) is 0 Å². The summed E-state index contributed by atoms with van der Waals surface area (Å²) in [7, 11) is 0. The van der Waals surface area contributed by atoms with Crippen molar-refractivity contribution >= 4 is 17.6 Å². The highest BCUT2D eigenvalue weighted by Gasteiger charge is 2.62. The molecule has 2 aliphatic rings. The number of anilines is 1. The van der Waals surface area contributed by atoms with Gasteiger partial charge in [0.1, 0.15) is 5.82 Å². The van der Waals surface area contributed by atoms with E-state index in [1.54, 1.807) is 21.9 Å². The van der Waals surface area contributed by atoms with Gasteiger partial charge in [-0.05, 0) is 43.0 Å². The summed E-state index contributed by atoms with van der Waals surface area (Å²) in [5.41, 5.74) is 1.08. The number of nitrogens with one attached hydrogen (secondary N) is 1. The Morgan fingerprint density at radius 2 is 1.86 bits per heavy atom. The molecule has 0 bridgehead atoms. The zero-order valence-electron chi connectivity index (χ0n) is 16.6. The van der Waals surface area contributed by atoms with Crippen LogP contribution in [0.2, 0.25) is 0 Å². The zero-order valence-corrected chi connectivity index (χ0v) is 16.6. The molecule has 0 radical (unpaired) electrons. The number of nitrogens with zero attached hydrogens (tertiary/aromatic N) is 2. The fourth-order valence-corrected chi connectivity index (χ4v) is 4.59. The number of urea groups is 1. The van der Waals surface area contributed by atoms with Gasteiger partial charge in [0.2, 0.25) is 5.91 Å². The van der Waals surface area contributed by atoms with E-state index >= 15 is 0 Å². The minimum atomic E-state index is -0.546. The minimum absolute atomic E-state index is 0.0190. The van der Waals surface area contributed by atoms with Crippen molar-refractivity contribution in [1.82, 2.24) is 10.2 Å². The Hall–Kier alpha value is -2.89. The standard InChI is InChI=1S/C23H26FN3O2/c1-2-13-25-22(29)26-14-11-23(12-15-26)20(17-7-4-3-5-8-17)27(21(23)28)19-10-6-9-18(24)16-19/h3-10,16,20H,2,11-15H2,1H3,(H,25,29). The largest absolute Gasteiger partial charge is 0.338 e. The molecule has 3 amide bonds. The lowest BCUT2D eigenvalue weighted by molar-refractivity contribution is -0.144. The van der Waals surface area contributed by atoms with Crippen LogP contribution in [0.25, 0.3) is 0 Å². The van der Waals surface area contributed by atoms with Gasteiger partial charge in [-0.25, -0.2) is 9.18 Å². The van der Waals surface area contributed by atoms with Gasteiger partial charge in [0, 0.05) is 25.3 Å². The molecule has 2 saturated heterocycles. The lowest BCUT2D eigenvalue weighted by Gasteiger charge is -2.59. The Labute approximate surface area is 170 Å². The Bertz CT molecular complexity index is 894. The highest BCUT2D eigenvalue weighted by atomic mass is 19.1. The van der Waals surface area contributed by atoms with Crippen LogP contribution in [0.3, 0.4) is 0 Å². The summed E-state index contributed by atoms with van der Waals surface area (Å²) in [5.74, 6) is -0.337. The molecule has 1 unspecified atom stereocenters. The predicted octanol–water partition coefficient (Wildman–Crippen LogP) is 4.12. The van der Waals surface area contributed by atoms with Crippen molar-refractivity contribution in [2.24, 2.45) is 5.41 Å². The topological polar surface area (TPSA) is 52.7 Å². The van der Waals surface area contributed by atoms with Crippen LogP contribution in [-0.2, 0) is 4.79 Å². The molecular weight excluding hydrogens is 369 g/mol. The smallest absolute Gasteiger partial charge is 0.317 e. The molecule has 0 saturated carbocycles. The lowest BCUT2D eigenvalue weighted by atomic mass is 9.62. The number of benzene rings is 2. The summed E-state index contributed by atoms with van der Waals surface area (Å²) in [6, 6.07) is 15.9. The molecule has 6 heteroatoms. The van der Waals surface area contributed by atoms with Crippen LogP contribution in [0.15, 0.2) is 54.6 Å². The van der Waals surface area contributed by atoms with Gasteiger partial charge in [-0.2, -0.15) is 0 Å². The molecule has 0 aliphatic carbocycles. The van der Waals surface area contributed by atoms with Crippen LogP contribution >= 0.6 is 0 Å². The van der Waals surface area contributed by atoms with E-state index in [9.17, 15) is 14.0 Å². The summed E-state index contributed by atoms with van der Waals surface area (Å²) >= 11 is 0. The van der Waals surface area contributed by atoms with Gasteiger partial charge < -0.3 is 15.1 Å². The molecule has 5 nitrogen and oxygen atoms in total. The molecule has 2 aromatic rings. The highest BCUT2D eigenvalue weighted by Crippen LogP contribution is 2.57. The molecule has 152 valence electrons. The number of hydrogen-bond donors (Lipinski definition) is 1. The average molecular weight is 395 g/mol. The number of hydrogen-bond acceptors (Lipinski definition) is 2. The van der Waals surface area contributed by atoms with Crippen molar-refractivity contribution in [3.05, 3.63) is 66.0 Å². The summed E-state index contributed by atoms with van der Waals surface area (Å²) in [5, 5.41) is 2.91. The van der Waals surface area contributed by atoms with Crippen LogP contribution in [-0.4, -0.2) is 36.5 Å². The number of β-lactam (4-membered cyclic amide) rings is 1. The molecular formula is C23H26FN3O2. The summed E-state index contributed by atoms with van der Waals surface area (Å²) in [4.78, 5) is 29.2. The van der Waals surface area contributed by atoms with E-state index in [1.807, 2.05) is 37.3 Å². The molecule has 1 atom stereocenters. The third kappa shape index (κ3) is 3.37. The third-order valence-electron chi connectivity index (χ3n) is 6.10. The Morgan fingerprint density at radius 1 is 1.14 bits per heavy atom. The second kappa shape index (κ2) is 7.85. The number of carbonyl (C=O) groups is 2. The number of piperidine rings is 1. The number of rotatable bonds is 4. The molecule has 1 N–H and O–H groups in total. The van der Waals surface area contributed by atoms with Gasteiger partial charge in [-0.1, -0.05) is 43.3 Å². The SMILES string of the molecule is CCCNC(=O)N1CCC2(CC1)C(=O)N(c1cccc(F)c1)C2c1ccccc1. The molecule has 0 aromatic heterocycles. The molecule has 2 fully saturated rings. The number of likely N-dealkylation sites (tertiary alicyclic amines) is 1. The van der Waals surface area contributed by atoms with Gasteiger partial charge in [0.15, 0.2) is 0 Å². The summed E-state index contributed by atoms with van der Waals surface area (Å²) < 4.78 is 13.8. The van der Waals surface area contributed by atoms with E-state index in [-0.39, 0.29) is 23.8 Å². The number of amides is 3. The van der Waals surface area contributed by atoms with Crippen molar-refractivity contribution in [3.63, 3.8) is 0 Å². The minimum Gasteiger partial charge on any atom is -0.338 e. The number of carbonyl (C=O) groups excluding carboxylic acids is 2. The first-order valence-electron chi connectivity index (χ1n) is 10.2. The second-order valence-corrected chi connectivity index (χ2v) is 7.84. The monoisotopic (exact) mass is 395 g/mol. The molecule has 1 spiro atoms. The van der Waals surface area contributed by atoms with E-state index in [0.29, 0.717) is 38.2 Å². The molecule has 2 aromatic carbocycles. The maximum atomic E-state index is 13.8. The maximum absolute atomic E-state index is 13.8. The summed E-state index contributed by atoms with van der Waals surface area (Å²) in [6.45, 7) is 3.76. The normalized spacial score (nSPS) is 20.5. The third-order valence-corrected chi connectivity index (χ3v) is 6.10. The van der Waals surface area contributed by atoms with Crippen LogP contribution in [0.1, 0.15) is 37.8 Å². The fourth-order valence-electron chi connectivity index (χ4n) is 4.59. The highest BCUT2D eigenvalue weighted by molar-refractivity contribution is 6.06. The predicted molar refractivity (Wildman–Crippen MR) is 110 cm³/mol. The quantitative estimate of drug-likeness (QED) is 0.792. The van der Waals surface area contributed by atoms with E-state index in [1.165, 1.54) is 12.1 Å². The molecule has 4 rings (SSSR count). The van der Waals surface area contributed by atoms with Crippen LogP contribution in [0, 0.1) is 11.2 Å². The summed E-state index contributed by atoms with van der Waals surface area (Å²) in [6.07, 6.45) is 2.11. The second-order valence-electron chi connectivity index (χ2n) is 7.84.